The number of ether oxygens (including phenoxy) is 1. The topological polar surface area (TPSA) is 153 Å². The molecule has 1 saturated carbocycles. The van der Waals surface area contributed by atoms with Crippen LogP contribution < -0.4 is 16.4 Å². The number of pyridine rings is 1. The molecule has 1 saturated heterocycles. The summed E-state index contributed by atoms with van der Waals surface area (Å²) in [5.41, 5.74) is 7.68. The highest BCUT2D eigenvalue weighted by molar-refractivity contribution is 5.93. The molecule has 0 aromatic carbocycles. The average molecular weight is 480 g/mol. The van der Waals surface area contributed by atoms with Gasteiger partial charge in [0.2, 0.25) is 11.9 Å². The van der Waals surface area contributed by atoms with Crippen LogP contribution in [-0.2, 0) is 9.53 Å². The lowest BCUT2D eigenvalue weighted by Gasteiger charge is -2.26. The molecule has 1 aliphatic heterocycles. The average Bonchev–Trinajstić information content (AvgIpc) is 3.54. The molecule has 0 unspecified atom stereocenters. The fraction of sp³-hybridized carbons (Fsp3) is 0.478. The molecule has 4 N–H and O–H groups in total. The summed E-state index contributed by atoms with van der Waals surface area (Å²) in [7, 11) is 0. The van der Waals surface area contributed by atoms with E-state index in [0.29, 0.717) is 67.6 Å². The minimum atomic E-state index is -0.397. The fourth-order valence-corrected chi connectivity index (χ4v) is 4.49. The van der Waals surface area contributed by atoms with E-state index < -0.39 is 5.91 Å². The summed E-state index contributed by atoms with van der Waals surface area (Å²) in [5, 5.41) is 6.35. The monoisotopic (exact) mass is 479 g/mol. The highest BCUT2D eigenvalue weighted by atomic mass is 16.5. The van der Waals surface area contributed by atoms with Gasteiger partial charge >= 0.3 is 0 Å². The van der Waals surface area contributed by atoms with Crippen LogP contribution in [0.3, 0.4) is 0 Å². The number of rotatable bonds is 8. The summed E-state index contributed by atoms with van der Waals surface area (Å²) >= 11 is 0. The van der Waals surface area contributed by atoms with E-state index in [1.165, 1.54) is 12.8 Å². The van der Waals surface area contributed by atoms with Crippen LogP contribution in [0.2, 0.25) is 0 Å². The van der Waals surface area contributed by atoms with Gasteiger partial charge in [-0.3, -0.25) is 9.59 Å². The lowest BCUT2D eigenvalue weighted by atomic mass is 10.2. The Labute approximate surface area is 202 Å². The zero-order valence-corrected chi connectivity index (χ0v) is 19.4. The number of nitrogens with zero attached hydrogens (tertiary/aromatic N) is 6. The number of hydrogen-bond acceptors (Lipinski definition) is 9. The number of primary amides is 1. The second-order valence-electron chi connectivity index (χ2n) is 8.76. The molecular formula is C23H29N9O3. The number of aromatic nitrogens is 5. The van der Waals surface area contributed by atoms with Gasteiger partial charge in [0.05, 0.1) is 31.4 Å². The zero-order chi connectivity index (χ0) is 24.2. The molecule has 35 heavy (non-hydrogen) atoms. The van der Waals surface area contributed by atoms with Gasteiger partial charge in [0, 0.05) is 32.1 Å². The standard InChI is InChI=1S/C23H29N9O3/c24-18(33)7-8-25-23-29-20(19-21(30-23)32(14-27-19)16-3-1-2-4-16)28-15-5-6-17(26-13-15)22(34)31-9-11-35-12-10-31/h5-6,13-14,16H,1-4,7-12H2,(H2,24,33)(H2,25,28,29,30). The van der Waals surface area contributed by atoms with Gasteiger partial charge in [0.1, 0.15) is 5.69 Å². The van der Waals surface area contributed by atoms with E-state index in [2.05, 4.69) is 35.1 Å². The summed E-state index contributed by atoms with van der Waals surface area (Å²) in [6, 6.07) is 3.85. The molecule has 5 rings (SSSR count). The van der Waals surface area contributed by atoms with E-state index >= 15 is 0 Å². The minimum absolute atomic E-state index is 0.111. The van der Waals surface area contributed by atoms with Gasteiger partial charge in [-0.15, -0.1) is 0 Å². The van der Waals surface area contributed by atoms with Crippen LogP contribution in [0.25, 0.3) is 11.2 Å². The number of imidazole rings is 1. The molecule has 12 nitrogen and oxygen atoms in total. The lowest BCUT2D eigenvalue weighted by Crippen LogP contribution is -2.41. The van der Waals surface area contributed by atoms with Crippen LogP contribution in [0.1, 0.15) is 48.6 Å². The van der Waals surface area contributed by atoms with Crippen LogP contribution in [0.5, 0.6) is 0 Å². The summed E-state index contributed by atoms with van der Waals surface area (Å²) < 4.78 is 7.42. The maximum absolute atomic E-state index is 12.7. The molecule has 2 amide bonds. The normalized spacial score (nSPS) is 16.5. The van der Waals surface area contributed by atoms with Crippen molar-refractivity contribution in [2.45, 2.75) is 38.1 Å². The van der Waals surface area contributed by atoms with Gasteiger partial charge in [0.25, 0.3) is 5.91 Å². The predicted octanol–water partition coefficient (Wildman–Crippen LogP) is 1.84. The van der Waals surface area contributed by atoms with Gasteiger partial charge in [0.15, 0.2) is 17.0 Å². The Balaban J connectivity index is 1.40. The van der Waals surface area contributed by atoms with Crippen molar-refractivity contribution in [1.29, 1.82) is 0 Å². The molecule has 0 radical (unpaired) electrons. The number of amides is 2. The van der Waals surface area contributed by atoms with Gasteiger partial charge in [-0.2, -0.15) is 9.97 Å². The third-order valence-electron chi connectivity index (χ3n) is 6.34. The van der Waals surface area contributed by atoms with Gasteiger partial charge in [-0.05, 0) is 25.0 Å². The van der Waals surface area contributed by atoms with E-state index in [-0.39, 0.29) is 12.3 Å². The number of nitrogens with one attached hydrogen (secondary N) is 2. The van der Waals surface area contributed by atoms with Gasteiger partial charge < -0.3 is 30.6 Å². The Morgan fingerprint density at radius 3 is 2.63 bits per heavy atom. The molecule has 0 bridgehead atoms. The van der Waals surface area contributed by atoms with E-state index in [4.69, 9.17) is 10.5 Å². The van der Waals surface area contributed by atoms with E-state index in [9.17, 15) is 9.59 Å². The van der Waals surface area contributed by atoms with Crippen molar-refractivity contribution in [1.82, 2.24) is 29.4 Å². The molecule has 12 heteroatoms. The second kappa shape index (κ2) is 10.2. The molecule has 0 atom stereocenters. The SMILES string of the molecule is NC(=O)CCNc1nc(Nc2ccc(C(=O)N3CCOCC3)nc2)c2ncn(C3CCCC3)c2n1. The fourth-order valence-electron chi connectivity index (χ4n) is 4.49. The highest BCUT2D eigenvalue weighted by Gasteiger charge is 2.23. The smallest absolute Gasteiger partial charge is 0.272 e. The van der Waals surface area contributed by atoms with Crippen molar-refractivity contribution in [3.63, 3.8) is 0 Å². The summed E-state index contributed by atoms with van der Waals surface area (Å²) in [6.07, 6.45) is 8.15. The number of hydrogen-bond donors (Lipinski definition) is 3. The molecule has 184 valence electrons. The van der Waals surface area contributed by atoms with E-state index in [1.54, 1.807) is 23.2 Å². The van der Waals surface area contributed by atoms with Gasteiger partial charge in [-0.1, -0.05) is 12.8 Å². The molecule has 2 fully saturated rings. The van der Waals surface area contributed by atoms with Crippen molar-refractivity contribution in [3.8, 4) is 0 Å². The molecular weight excluding hydrogens is 450 g/mol. The first-order chi connectivity index (χ1) is 17.1. The van der Waals surface area contributed by atoms with Crippen molar-refractivity contribution in [2.24, 2.45) is 5.73 Å². The maximum Gasteiger partial charge on any atom is 0.272 e. The minimum Gasteiger partial charge on any atom is -0.378 e. The Bertz CT molecular complexity index is 1200. The van der Waals surface area contributed by atoms with Crippen LogP contribution in [0.4, 0.5) is 17.5 Å². The number of fused-ring (bicyclic) bond motifs is 1. The second-order valence-corrected chi connectivity index (χ2v) is 8.76. The molecule has 4 heterocycles. The van der Waals surface area contributed by atoms with E-state index in [1.807, 2.05) is 6.33 Å². The third-order valence-corrected chi connectivity index (χ3v) is 6.34. The maximum atomic E-state index is 12.7. The summed E-state index contributed by atoms with van der Waals surface area (Å²) in [5.74, 6) is 0.390. The number of morpholine rings is 1. The Morgan fingerprint density at radius 1 is 1.11 bits per heavy atom. The Hall–Kier alpha value is -3.80. The molecule has 2 aliphatic rings. The van der Waals surface area contributed by atoms with E-state index in [0.717, 1.165) is 18.5 Å². The molecule has 3 aromatic rings. The number of carbonyl (C=O) groups is 2. The first-order valence-electron chi connectivity index (χ1n) is 12.0. The number of nitrogens with two attached hydrogens (primary N) is 1. The highest BCUT2D eigenvalue weighted by Crippen LogP contribution is 2.33. The van der Waals surface area contributed by atoms with Crippen molar-refractivity contribution in [2.75, 3.05) is 43.5 Å². The Morgan fingerprint density at radius 2 is 1.91 bits per heavy atom. The van der Waals surface area contributed by atoms with Crippen LogP contribution in [-0.4, -0.2) is 74.1 Å². The number of anilines is 3. The zero-order valence-electron chi connectivity index (χ0n) is 19.4. The largest absolute Gasteiger partial charge is 0.378 e. The first-order valence-corrected chi connectivity index (χ1v) is 12.0. The van der Waals surface area contributed by atoms with Crippen molar-refractivity contribution >= 4 is 40.4 Å². The van der Waals surface area contributed by atoms with Gasteiger partial charge in [-0.25, -0.2) is 9.97 Å². The van der Waals surface area contributed by atoms with Crippen molar-refractivity contribution < 1.29 is 14.3 Å². The first kappa shape index (κ1) is 23.0. The Kier molecular flexibility index (Phi) is 6.70. The lowest BCUT2D eigenvalue weighted by molar-refractivity contribution is -0.117. The molecule has 0 spiro atoms. The van der Waals surface area contributed by atoms with Crippen LogP contribution >= 0.6 is 0 Å². The predicted molar refractivity (Wildman–Crippen MR) is 129 cm³/mol. The summed E-state index contributed by atoms with van der Waals surface area (Å²) in [6.45, 7) is 2.54. The molecule has 3 aromatic heterocycles. The van der Waals surface area contributed by atoms with Crippen LogP contribution in [0.15, 0.2) is 24.7 Å². The van der Waals surface area contributed by atoms with Crippen LogP contribution in [0, 0.1) is 0 Å². The molecule has 1 aliphatic carbocycles. The van der Waals surface area contributed by atoms with Crippen molar-refractivity contribution in [3.05, 3.63) is 30.4 Å². The quantitative estimate of drug-likeness (QED) is 0.439. The third kappa shape index (κ3) is 5.16. The number of carbonyl (C=O) groups excluding carboxylic acids is 2. The summed E-state index contributed by atoms with van der Waals surface area (Å²) in [4.78, 5) is 43.8.